The summed E-state index contributed by atoms with van der Waals surface area (Å²) in [6.45, 7) is 4.42. The SMILES string of the molecule is Cc1cccc(NC(=S)NCc2nc(-c3ccccc3C)no2)c1. The van der Waals surface area contributed by atoms with E-state index in [4.69, 9.17) is 16.7 Å². The third kappa shape index (κ3) is 3.97. The number of hydrogen-bond acceptors (Lipinski definition) is 4. The molecule has 6 heteroatoms. The summed E-state index contributed by atoms with van der Waals surface area (Å²) in [6, 6.07) is 15.9. The lowest BCUT2D eigenvalue weighted by atomic mass is 10.1. The zero-order valence-corrected chi connectivity index (χ0v) is 14.4. The van der Waals surface area contributed by atoms with E-state index < -0.39 is 0 Å². The summed E-state index contributed by atoms with van der Waals surface area (Å²) in [7, 11) is 0. The van der Waals surface area contributed by atoms with Crippen molar-refractivity contribution >= 4 is 23.0 Å². The number of rotatable bonds is 4. The van der Waals surface area contributed by atoms with Gasteiger partial charge in [0.1, 0.15) is 0 Å². The van der Waals surface area contributed by atoms with Crippen LogP contribution >= 0.6 is 12.2 Å². The van der Waals surface area contributed by atoms with E-state index in [1.807, 2.05) is 62.4 Å². The highest BCUT2D eigenvalue weighted by atomic mass is 32.1. The first kappa shape index (κ1) is 16.1. The maximum Gasteiger partial charge on any atom is 0.246 e. The predicted molar refractivity (Wildman–Crippen MR) is 98.7 cm³/mol. The molecule has 0 unspecified atom stereocenters. The molecule has 3 rings (SSSR count). The number of nitrogens with zero attached hydrogens (tertiary/aromatic N) is 2. The lowest BCUT2D eigenvalue weighted by Gasteiger charge is -2.09. The number of anilines is 1. The maximum atomic E-state index is 5.29. The number of nitrogens with one attached hydrogen (secondary N) is 2. The van der Waals surface area contributed by atoms with Gasteiger partial charge in [-0.15, -0.1) is 0 Å². The molecule has 0 radical (unpaired) electrons. The Bertz CT molecular complexity index is 859. The molecule has 3 aromatic rings. The van der Waals surface area contributed by atoms with Crippen molar-refractivity contribution in [3.05, 3.63) is 65.5 Å². The first-order chi connectivity index (χ1) is 11.6. The van der Waals surface area contributed by atoms with Crippen LogP contribution in [0, 0.1) is 13.8 Å². The van der Waals surface area contributed by atoms with E-state index in [1.165, 1.54) is 5.56 Å². The smallest absolute Gasteiger partial charge is 0.246 e. The molecule has 0 amide bonds. The van der Waals surface area contributed by atoms with Gasteiger partial charge in [0.25, 0.3) is 0 Å². The van der Waals surface area contributed by atoms with E-state index in [1.54, 1.807) is 0 Å². The van der Waals surface area contributed by atoms with Crippen LogP contribution in [0.3, 0.4) is 0 Å². The second-order valence-electron chi connectivity index (χ2n) is 5.50. The fraction of sp³-hybridized carbons (Fsp3) is 0.167. The molecule has 2 aromatic carbocycles. The number of benzene rings is 2. The van der Waals surface area contributed by atoms with E-state index in [2.05, 4.69) is 20.8 Å². The molecular weight excluding hydrogens is 320 g/mol. The summed E-state index contributed by atoms with van der Waals surface area (Å²) in [4.78, 5) is 4.41. The van der Waals surface area contributed by atoms with Gasteiger partial charge in [-0.05, 0) is 49.3 Å². The van der Waals surface area contributed by atoms with Crippen LogP contribution in [-0.2, 0) is 6.54 Å². The quantitative estimate of drug-likeness (QED) is 0.705. The summed E-state index contributed by atoms with van der Waals surface area (Å²) in [5, 5.41) is 10.7. The van der Waals surface area contributed by atoms with Crippen molar-refractivity contribution in [1.29, 1.82) is 0 Å². The minimum absolute atomic E-state index is 0.372. The summed E-state index contributed by atoms with van der Waals surface area (Å²) in [5.74, 6) is 1.07. The van der Waals surface area contributed by atoms with Crippen LogP contribution in [0.4, 0.5) is 5.69 Å². The molecule has 0 aliphatic heterocycles. The molecule has 2 N–H and O–H groups in total. The predicted octanol–water partition coefficient (Wildman–Crippen LogP) is 3.84. The van der Waals surface area contributed by atoms with Gasteiger partial charge < -0.3 is 15.2 Å². The number of thiocarbonyl (C=S) groups is 1. The Morgan fingerprint density at radius 1 is 1.12 bits per heavy atom. The molecule has 0 aliphatic rings. The fourth-order valence-electron chi connectivity index (χ4n) is 2.31. The zero-order valence-electron chi connectivity index (χ0n) is 13.5. The largest absolute Gasteiger partial charge is 0.353 e. The lowest BCUT2D eigenvalue weighted by molar-refractivity contribution is 0.376. The molecule has 1 heterocycles. The fourth-order valence-corrected chi connectivity index (χ4v) is 2.50. The van der Waals surface area contributed by atoms with Gasteiger partial charge in [0.15, 0.2) is 5.11 Å². The molecule has 0 aliphatic carbocycles. The normalized spacial score (nSPS) is 10.4. The van der Waals surface area contributed by atoms with Crippen molar-refractivity contribution < 1.29 is 4.52 Å². The molecule has 0 saturated carbocycles. The highest BCUT2D eigenvalue weighted by Crippen LogP contribution is 2.19. The Kier molecular flexibility index (Phi) is 4.86. The topological polar surface area (TPSA) is 63.0 Å². The van der Waals surface area contributed by atoms with Gasteiger partial charge in [0, 0.05) is 11.3 Å². The van der Waals surface area contributed by atoms with Crippen LogP contribution in [0.25, 0.3) is 11.4 Å². The summed E-state index contributed by atoms with van der Waals surface area (Å²) in [5.41, 5.74) is 4.18. The summed E-state index contributed by atoms with van der Waals surface area (Å²) in [6.07, 6.45) is 0. The van der Waals surface area contributed by atoms with Crippen molar-refractivity contribution in [3.63, 3.8) is 0 Å². The molecule has 0 saturated heterocycles. The van der Waals surface area contributed by atoms with Crippen molar-refractivity contribution in [3.8, 4) is 11.4 Å². The van der Waals surface area contributed by atoms with Gasteiger partial charge in [-0.25, -0.2) is 0 Å². The van der Waals surface area contributed by atoms with Crippen molar-refractivity contribution in [2.45, 2.75) is 20.4 Å². The average molecular weight is 338 g/mol. The minimum atomic E-state index is 0.372. The molecule has 24 heavy (non-hydrogen) atoms. The third-order valence-electron chi connectivity index (χ3n) is 3.53. The van der Waals surface area contributed by atoms with Crippen LogP contribution in [0.1, 0.15) is 17.0 Å². The number of hydrogen-bond donors (Lipinski definition) is 2. The third-order valence-corrected chi connectivity index (χ3v) is 3.78. The molecule has 122 valence electrons. The highest BCUT2D eigenvalue weighted by molar-refractivity contribution is 7.80. The molecule has 0 atom stereocenters. The molecular formula is C18H18N4OS. The van der Waals surface area contributed by atoms with Crippen LogP contribution in [0.5, 0.6) is 0 Å². The second kappa shape index (κ2) is 7.23. The Labute approximate surface area is 146 Å². The maximum absolute atomic E-state index is 5.29. The van der Waals surface area contributed by atoms with Crippen molar-refractivity contribution in [2.75, 3.05) is 5.32 Å². The molecule has 0 spiro atoms. The van der Waals surface area contributed by atoms with Gasteiger partial charge in [0.2, 0.25) is 11.7 Å². The van der Waals surface area contributed by atoms with Crippen LogP contribution in [-0.4, -0.2) is 15.3 Å². The highest BCUT2D eigenvalue weighted by Gasteiger charge is 2.10. The van der Waals surface area contributed by atoms with E-state index in [9.17, 15) is 0 Å². The zero-order chi connectivity index (χ0) is 16.9. The Morgan fingerprint density at radius 2 is 1.96 bits per heavy atom. The first-order valence-corrected chi connectivity index (χ1v) is 8.03. The Balaban J connectivity index is 1.59. The van der Waals surface area contributed by atoms with Crippen molar-refractivity contribution in [1.82, 2.24) is 15.5 Å². The van der Waals surface area contributed by atoms with Gasteiger partial charge in [-0.1, -0.05) is 41.6 Å². The van der Waals surface area contributed by atoms with Crippen LogP contribution < -0.4 is 10.6 Å². The van der Waals surface area contributed by atoms with Crippen LogP contribution in [0.15, 0.2) is 53.1 Å². The average Bonchev–Trinajstić information content (AvgIpc) is 3.02. The Morgan fingerprint density at radius 3 is 2.75 bits per heavy atom. The number of aryl methyl sites for hydroxylation is 2. The van der Waals surface area contributed by atoms with E-state index in [0.29, 0.717) is 23.4 Å². The van der Waals surface area contributed by atoms with E-state index >= 15 is 0 Å². The molecule has 1 aromatic heterocycles. The van der Waals surface area contributed by atoms with E-state index in [0.717, 1.165) is 16.8 Å². The molecule has 0 fully saturated rings. The Hall–Kier alpha value is -2.73. The van der Waals surface area contributed by atoms with Crippen LogP contribution in [0.2, 0.25) is 0 Å². The standard InChI is InChI=1S/C18H18N4OS/c1-12-6-5-8-14(10-12)20-18(24)19-11-16-21-17(22-23-16)15-9-4-3-7-13(15)2/h3-10H,11H2,1-2H3,(H2,19,20,24). The number of aromatic nitrogens is 2. The second-order valence-corrected chi connectivity index (χ2v) is 5.91. The minimum Gasteiger partial charge on any atom is -0.353 e. The molecule has 0 bridgehead atoms. The van der Waals surface area contributed by atoms with Gasteiger partial charge in [0.05, 0.1) is 6.54 Å². The van der Waals surface area contributed by atoms with Crippen molar-refractivity contribution in [2.24, 2.45) is 0 Å². The van der Waals surface area contributed by atoms with E-state index in [-0.39, 0.29) is 0 Å². The lowest BCUT2D eigenvalue weighted by Crippen LogP contribution is -2.28. The molecule has 5 nitrogen and oxygen atoms in total. The van der Waals surface area contributed by atoms with Gasteiger partial charge in [-0.2, -0.15) is 4.98 Å². The summed E-state index contributed by atoms with van der Waals surface area (Å²) < 4.78 is 5.28. The van der Waals surface area contributed by atoms with Gasteiger partial charge in [-0.3, -0.25) is 0 Å². The van der Waals surface area contributed by atoms with Gasteiger partial charge >= 0.3 is 0 Å². The monoisotopic (exact) mass is 338 g/mol. The summed E-state index contributed by atoms with van der Waals surface area (Å²) >= 11 is 5.29. The first-order valence-electron chi connectivity index (χ1n) is 7.62.